The SMILES string of the molecule is FC(F)Oc1cccc(Br)c1Br. The Hall–Kier alpha value is -0.160. The first-order valence-electron chi connectivity index (χ1n) is 3.00. The molecule has 1 aromatic rings. The number of ether oxygens (including phenoxy) is 1. The van der Waals surface area contributed by atoms with E-state index in [1.165, 1.54) is 6.07 Å². The van der Waals surface area contributed by atoms with E-state index in [0.717, 1.165) is 0 Å². The van der Waals surface area contributed by atoms with Gasteiger partial charge in [0.05, 0.1) is 4.47 Å². The van der Waals surface area contributed by atoms with Crippen molar-refractivity contribution in [2.24, 2.45) is 0 Å². The van der Waals surface area contributed by atoms with Crippen LogP contribution in [-0.4, -0.2) is 6.61 Å². The largest absolute Gasteiger partial charge is 0.434 e. The number of benzene rings is 1. The van der Waals surface area contributed by atoms with E-state index in [1.807, 2.05) is 0 Å². The number of hydrogen-bond donors (Lipinski definition) is 0. The van der Waals surface area contributed by atoms with Crippen LogP contribution in [-0.2, 0) is 0 Å². The summed E-state index contributed by atoms with van der Waals surface area (Å²) >= 11 is 6.27. The molecule has 0 unspecified atom stereocenters. The number of hydrogen-bond acceptors (Lipinski definition) is 1. The maximum Gasteiger partial charge on any atom is 0.387 e. The molecule has 66 valence electrons. The molecule has 1 aromatic carbocycles. The third-order valence-corrected chi connectivity index (χ3v) is 3.14. The molecule has 5 heteroatoms. The van der Waals surface area contributed by atoms with Gasteiger partial charge in [-0.1, -0.05) is 6.07 Å². The standard InChI is InChI=1S/C7H4Br2F2O/c8-4-2-1-3-5(6(4)9)12-7(10)11/h1-3,7H. The topological polar surface area (TPSA) is 9.23 Å². The van der Waals surface area contributed by atoms with E-state index in [1.54, 1.807) is 12.1 Å². The summed E-state index contributed by atoms with van der Waals surface area (Å²) in [7, 11) is 0. The second kappa shape index (κ2) is 4.18. The molecule has 0 saturated heterocycles. The second-order valence-corrected chi connectivity index (χ2v) is 3.58. The fourth-order valence-electron chi connectivity index (χ4n) is 0.671. The van der Waals surface area contributed by atoms with E-state index in [-0.39, 0.29) is 5.75 Å². The molecule has 0 atom stereocenters. The van der Waals surface area contributed by atoms with Crippen LogP contribution in [0.3, 0.4) is 0 Å². The summed E-state index contributed by atoms with van der Waals surface area (Å²) in [6.07, 6.45) is 0. The van der Waals surface area contributed by atoms with Gasteiger partial charge in [0.25, 0.3) is 0 Å². The predicted molar refractivity (Wildman–Crippen MR) is 48.5 cm³/mol. The zero-order valence-electron chi connectivity index (χ0n) is 5.73. The van der Waals surface area contributed by atoms with Crippen LogP contribution >= 0.6 is 31.9 Å². The van der Waals surface area contributed by atoms with Crippen molar-refractivity contribution in [3.63, 3.8) is 0 Å². The lowest BCUT2D eigenvalue weighted by atomic mass is 10.3. The van der Waals surface area contributed by atoms with Crippen LogP contribution in [0.25, 0.3) is 0 Å². The molecule has 1 nitrogen and oxygen atoms in total. The molecule has 0 radical (unpaired) electrons. The Morgan fingerprint density at radius 1 is 1.25 bits per heavy atom. The van der Waals surface area contributed by atoms with Gasteiger partial charge >= 0.3 is 6.61 Å². The first-order chi connectivity index (χ1) is 5.61. The smallest absolute Gasteiger partial charge is 0.387 e. The molecule has 0 N–H and O–H groups in total. The van der Waals surface area contributed by atoms with Crippen LogP contribution in [0.2, 0.25) is 0 Å². The normalized spacial score (nSPS) is 10.4. The predicted octanol–water partition coefficient (Wildman–Crippen LogP) is 3.81. The van der Waals surface area contributed by atoms with Crippen LogP contribution < -0.4 is 4.74 Å². The van der Waals surface area contributed by atoms with E-state index in [4.69, 9.17) is 0 Å². The molecule has 12 heavy (non-hydrogen) atoms. The fraction of sp³-hybridized carbons (Fsp3) is 0.143. The third kappa shape index (κ3) is 2.42. The molecule has 0 fully saturated rings. The Morgan fingerprint density at radius 3 is 2.50 bits per heavy atom. The molecule has 0 saturated carbocycles. The van der Waals surface area contributed by atoms with Crippen molar-refractivity contribution in [1.29, 1.82) is 0 Å². The lowest BCUT2D eigenvalue weighted by Gasteiger charge is -2.06. The van der Waals surface area contributed by atoms with Gasteiger partial charge in [0, 0.05) is 4.47 Å². The van der Waals surface area contributed by atoms with Gasteiger partial charge in [0.2, 0.25) is 0 Å². The van der Waals surface area contributed by atoms with Crippen molar-refractivity contribution in [3.05, 3.63) is 27.1 Å². The summed E-state index contributed by atoms with van der Waals surface area (Å²) in [5.41, 5.74) is 0. The van der Waals surface area contributed by atoms with Gasteiger partial charge in [-0.3, -0.25) is 0 Å². The minimum absolute atomic E-state index is 0.124. The van der Waals surface area contributed by atoms with Gasteiger partial charge in [-0.05, 0) is 44.0 Å². The lowest BCUT2D eigenvalue weighted by molar-refractivity contribution is -0.0503. The van der Waals surface area contributed by atoms with Crippen LogP contribution in [0.15, 0.2) is 27.1 Å². The average Bonchev–Trinajstić information content (AvgIpc) is 1.98. The Bertz CT molecular complexity index is 278. The van der Waals surface area contributed by atoms with Crippen molar-refractivity contribution in [2.45, 2.75) is 6.61 Å². The van der Waals surface area contributed by atoms with Gasteiger partial charge in [0.1, 0.15) is 5.75 Å². The number of alkyl halides is 2. The zero-order valence-corrected chi connectivity index (χ0v) is 8.90. The van der Waals surface area contributed by atoms with Gasteiger partial charge in [-0.25, -0.2) is 0 Å². The van der Waals surface area contributed by atoms with E-state index in [9.17, 15) is 8.78 Å². The van der Waals surface area contributed by atoms with Crippen LogP contribution in [0.5, 0.6) is 5.75 Å². The molecule has 0 aromatic heterocycles. The summed E-state index contributed by atoms with van der Waals surface area (Å²) in [4.78, 5) is 0. The molecule has 0 aliphatic carbocycles. The average molecular weight is 302 g/mol. The number of halogens is 4. The minimum Gasteiger partial charge on any atom is -0.434 e. The molecule has 0 aliphatic rings. The molecule has 0 bridgehead atoms. The van der Waals surface area contributed by atoms with Crippen molar-refractivity contribution < 1.29 is 13.5 Å². The van der Waals surface area contributed by atoms with Crippen molar-refractivity contribution >= 4 is 31.9 Å². The first kappa shape index (κ1) is 9.92. The second-order valence-electron chi connectivity index (χ2n) is 1.93. The van der Waals surface area contributed by atoms with Crippen molar-refractivity contribution in [1.82, 2.24) is 0 Å². The lowest BCUT2D eigenvalue weighted by Crippen LogP contribution is -2.02. The molecule has 0 heterocycles. The molecule has 0 amide bonds. The summed E-state index contributed by atoms with van der Waals surface area (Å²) in [5, 5.41) is 0. The van der Waals surface area contributed by atoms with Gasteiger partial charge < -0.3 is 4.74 Å². The fourth-order valence-corrected chi connectivity index (χ4v) is 1.38. The van der Waals surface area contributed by atoms with E-state index < -0.39 is 6.61 Å². The third-order valence-electron chi connectivity index (χ3n) is 1.13. The van der Waals surface area contributed by atoms with E-state index in [2.05, 4.69) is 36.6 Å². The van der Waals surface area contributed by atoms with Crippen molar-refractivity contribution in [2.75, 3.05) is 0 Å². The zero-order chi connectivity index (χ0) is 9.14. The van der Waals surface area contributed by atoms with Crippen LogP contribution in [0.1, 0.15) is 0 Å². The van der Waals surface area contributed by atoms with Crippen LogP contribution in [0.4, 0.5) is 8.78 Å². The first-order valence-corrected chi connectivity index (χ1v) is 4.58. The maximum absolute atomic E-state index is 11.8. The van der Waals surface area contributed by atoms with Gasteiger partial charge in [0.15, 0.2) is 0 Å². The highest BCUT2D eigenvalue weighted by atomic mass is 79.9. The Balaban J connectivity index is 2.92. The molecule has 0 spiro atoms. The summed E-state index contributed by atoms with van der Waals surface area (Å²) < 4.78 is 28.9. The highest BCUT2D eigenvalue weighted by Gasteiger charge is 2.09. The Morgan fingerprint density at radius 2 is 1.92 bits per heavy atom. The molecule has 1 rings (SSSR count). The van der Waals surface area contributed by atoms with Crippen LogP contribution in [0, 0.1) is 0 Å². The minimum atomic E-state index is -2.80. The molecule has 0 aliphatic heterocycles. The summed E-state index contributed by atoms with van der Waals surface area (Å²) in [6, 6.07) is 4.80. The molecular formula is C7H4Br2F2O. The summed E-state index contributed by atoms with van der Waals surface area (Å²) in [6.45, 7) is -2.80. The van der Waals surface area contributed by atoms with Crippen molar-refractivity contribution in [3.8, 4) is 5.75 Å². The highest BCUT2D eigenvalue weighted by Crippen LogP contribution is 2.32. The Kier molecular flexibility index (Phi) is 3.46. The highest BCUT2D eigenvalue weighted by molar-refractivity contribution is 9.13. The van der Waals surface area contributed by atoms with E-state index in [0.29, 0.717) is 8.95 Å². The monoisotopic (exact) mass is 300 g/mol. The quantitative estimate of drug-likeness (QED) is 0.807. The molecular weight excluding hydrogens is 298 g/mol. The van der Waals surface area contributed by atoms with E-state index >= 15 is 0 Å². The van der Waals surface area contributed by atoms with Gasteiger partial charge in [-0.2, -0.15) is 8.78 Å². The Labute approximate surface area is 85.0 Å². The summed E-state index contributed by atoms with van der Waals surface area (Å²) in [5.74, 6) is 0.124. The maximum atomic E-state index is 11.8. The number of rotatable bonds is 2. The van der Waals surface area contributed by atoms with Gasteiger partial charge in [-0.15, -0.1) is 0 Å².